The monoisotopic (exact) mass is 816 g/mol. The number of nitrogens with one attached hydrogen (secondary N) is 1. The number of benzene rings is 3. The lowest BCUT2D eigenvalue weighted by atomic mass is 9.49. The number of allylic oxidation sites excluding steroid dienone is 2. The normalized spacial score (nSPS) is 25.6. The lowest BCUT2D eigenvalue weighted by Gasteiger charge is -2.50. The number of phenols is 1. The van der Waals surface area contributed by atoms with E-state index < -0.39 is 75.4 Å². The Hall–Kier alpha value is -5.53. The molecule has 2 N–H and O–H groups in total. The molecule has 1 aromatic heterocycles. The van der Waals surface area contributed by atoms with Crippen LogP contribution in [0.25, 0.3) is 0 Å². The Morgan fingerprint density at radius 3 is 2.16 bits per heavy atom. The van der Waals surface area contributed by atoms with Gasteiger partial charge in [0, 0.05) is 22.7 Å². The Morgan fingerprint density at radius 1 is 0.912 bits per heavy atom. The van der Waals surface area contributed by atoms with E-state index in [4.69, 9.17) is 23.2 Å². The number of carbonyl (C=O) groups excluding carboxylic acids is 5. The molecule has 1 saturated carbocycles. The number of ketones is 1. The van der Waals surface area contributed by atoms with Crippen molar-refractivity contribution >= 4 is 64.1 Å². The Balaban J connectivity index is 1.31. The van der Waals surface area contributed by atoms with Crippen molar-refractivity contribution in [2.45, 2.75) is 51.1 Å². The maximum Gasteiger partial charge on any atom is 0.417 e. The molecule has 2 aliphatic carbocycles. The van der Waals surface area contributed by atoms with Gasteiger partial charge in [-0.3, -0.25) is 34.3 Å². The molecule has 8 rings (SSSR count). The number of anilines is 2. The topological polar surface area (TPSA) is 137 Å². The number of hydrogen-bond donors (Lipinski definition) is 2. The molecule has 0 radical (unpaired) electrons. The molecule has 292 valence electrons. The highest BCUT2D eigenvalue weighted by atomic mass is 35.5. The number of aromatic hydroxyl groups is 1. The fourth-order valence-corrected chi connectivity index (χ4v) is 9.75. The van der Waals surface area contributed by atoms with E-state index >= 15 is 4.79 Å². The summed E-state index contributed by atoms with van der Waals surface area (Å²) < 4.78 is 40.5. The Labute approximate surface area is 334 Å². The molecular formula is C42H33Cl2F3N4O6. The van der Waals surface area contributed by atoms with Gasteiger partial charge in [0.2, 0.25) is 11.8 Å². The third-order valence-corrected chi connectivity index (χ3v) is 12.5. The summed E-state index contributed by atoms with van der Waals surface area (Å²) in [4.78, 5) is 75.9. The number of rotatable bonds is 6. The molecule has 0 spiro atoms. The van der Waals surface area contributed by atoms with E-state index in [1.54, 1.807) is 74.5 Å². The van der Waals surface area contributed by atoms with Crippen molar-refractivity contribution < 1.29 is 42.3 Å². The average Bonchev–Trinajstić information content (AvgIpc) is 3.54. The number of hydrogen-bond acceptors (Lipinski definition) is 8. The van der Waals surface area contributed by atoms with E-state index in [1.165, 1.54) is 6.92 Å². The van der Waals surface area contributed by atoms with Crippen molar-refractivity contribution in [1.82, 2.24) is 9.99 Å². The molecular weight excluding hydrogens is 784 g/mol. The predicted molar refractivity (Wildman–Crippen MR) is 203 cm³/mol. The molecule has 57 heavy (non-hydrogen) atoms. The fourth-order valence-electron chi connectivity index (χ4n) is 9.41. The molecule has 3 fully saturated rings. The van der Waals surface area contributed by atoms with Crippen LogP contribution in [0.4, 0.5) is 24.7 Å². The number of aromatic nitrogens is 1. The van der Waals surface area contributed by atoms with Gasteiger partial charge in [-0.2, -0.15) is 18.2 Å². The first-order valence-corrected chi connectivity index (χ1v) is 18.8. The zero-order valence-corrected chi connectivity index (χ0v) is 32.0. The van der Waals surface area contributed by atoms with Crippen LogP contribution in [-0.2, 0) is 30.8 Å². The van der Waals surface area contributed by atoms with E-state index in [1.807, 2.05) is 6.08 Å². The Bertz CT molecular complexity index is 2430. The van der Waals surface area contributed by atoms with Gasteiger partial charge in [0.05, 0.1) is 39.4 Å². The van der Waals surface area contributed by atoms with Crippen LogP contribution in [0.5, 0.6) is 5.75 Å². The van der Waals surface area contributed by atoms with Gasteiger partial charge in [0.15, 0.2) is 11.6 Å². The number of alkyl halides is 3. The van der Waals surface area contributed by atoms with Crippen LogP contribution in [0, 0.1) is 37.5 Å². The van der Waals surface area contributed by atoms with Crippen LogP contribution in [0.15, 0.2) is 84.6 Å². The second-order valence-corrected chi connectivity index (χ2v) is 15.9. The number of aryl methyl sites for hydroxylation is 2. The first-order chi connectivity index (χ1) is 26.9. The lowest BCUT2D eigenvalue weighted by Crippen LogP contribution is -2.53. The summed E-state index contributed by atoms with van der Waals surface area (Å²) in [6.07, 6.45) is -2.27. The molecule has 3 heterocycles. The minimum absolute atomic E-state index is 0.0315. The summed E-state index contributed by atoms with van der Waals surface area (Å²) in [5, 5.41) is 11.5. The molecule has 4 aromatic rings. The number of nitrogens with zero attached hydrogens (tertiary/aromatic N) is 3. The summed E-state index contributed by atoms with van der Waals surface area (Å²) in [6, 6.07) is 16.7. The van der Waals surface area contributed by atoms with Gasteiger partial charge in [-0.1, -0.05) is 59.1 Å². The van der Waals surface area contributed by atoms with Crippen LogP contribution in [0.1, 0.15) is 63.9 Å². The maximum atomic E-state index is 15.4. The van der Waals surface area contributed by atoms with Crippen LogP contribution < -0.4 is 10.3 Å². The maximum absolute atomic E-state index is 15.4. The molecule has 10 nitrogen and oxygen atoms in total. The minimum Gasteiger partial charge on any atom is -0.507 e. The standard InChI is InChI=1S/C42H33Cl2F3N4O6/c1-19-14-23(15-20(2)35(19)53)34-28-12-13-29-33(39(56)50(37(29)54)27-10-4-22(5-11-27)21(3)52)30(28)17-31-38(55)51(40(57)41(31,34)24-6-8-26(43)9-7-24)49-36-32(44)16-25(18-48-36)42(45,46)47/h4-12,14-16,18,29-31,33-34,53H,13,17H2,1-3H3,(H,48,49)/t29-,30+,31-,33-,34-,41+/m0/s1. The van der Waals surface area contributed by atoms with E-state index in [0.717, 1.165) is 9.91 Å². The molecule has 4 amide bonds. The van der Waals surface area contributed by atoms with Crippen molar-refractivity contribution in [2.24, 2.45) is 23.7 Å². The minimum atomic E-state index is -4.76. The number of imide groups is 2. The van der Waals surface area contributed by atoms with Crippen molar-refractivity contribution in [3.05, 3.63) is 128 Å². The van der Waals surface area contributed by atoms with Crippen molar-refractivity contribution in [2.75, 3.05) is 10.3 Å². The predicted octanol–water partition coefficient (Wildman–Crippen LogP) is 8.12. The summed E-state index contributed by atoms with van der Waals surface area (Å²) in [7, 11) is 0. The van der Waals surface area contributed by atoms with E-state index in [0.29, 0.717) is 56.4 Å². The van der Waals surface area contributed by atoms with Crippen LogP contribution >= 0.6 is 23.2 Å². The lowest BCUT2D eigenvalue weighted by molar-refractivity contribution is -0.139. The zero-order valence-electron chi connectivity index (χ0n) is 30.5. The number of fused-ring (bicyclic) bond motifs is 4. The number of pyridine rings is 1. The zero-order chi connectivity index (χ0) is 40.9. The number of hydrazine groups is 1. The van der Waals surface area contributed by atoms with Gasteiger partial charge < -0.3 is 5.11 Å². The first-order valence-electron chi connectivity index (χ1n) is 18.1. The molecule has 4 aliphatic rings. The van der Waals surface area contributed by atoms with Crippen LogP contribution in [0.3, 0.4) is 0 Å². The smallest absolute Gasteiger partial charge is 0.417 e. The van der Waals surface area contributed by atoms with Gasteiger partial charge >= 0.3 is 6.18 Å². The number of halogens is 5. The number of carbonyl (C=O) groups is 5. The number of amides is 4. The van der Waals surface area contributed by atoms with Crippen molar-refractivity contribution in [3.8, 4) is 5.75 Å². The van der Waals surface area contributed by atoms with Gasteiger partial charge in [-0.25, -0.2) is 4.98 Å². The largest absolute Gasteiger partial charge is 0.507 e. The van der Waals surface area contributed by atoms with Gasteiger partial charge in [0.25, 0.3) is 11.8 Å². The second kappa shape index (κ2) is 13.6. The van der Waals surface area contributed by atoms with Gasteiger partial charge in [-0.15, -0.1) is 0 Å². The number of Topliss-reactive ketones (excluding diaryl/α,β-unsaturated/α-hetero) is 1. The molecule has 6 atom stereocenters. The third kappa shape index (κ3) is 5.84. The third-order valence-electron chi connectivity index (χ3n) is 11.9. The quantitative estimate of drug-likeness (QED) is 0.113. The van der Waals surface area contributed by atoms with Crippen LogP contribution in [-0.4, -0.2) is 44.5 Å². The molecule has 15 heteroatoms. The van der Waals surface area contributed by atoms with Gasteiger partial charge in [0.1, 0.15) is 5.75 Å². The van der Waals surface area contributed by atoms with E-state index in [2.05, 4.69) is 10.4 Å². The molecule has 2 aliphatic heterocycles. The highest BCUT2D eigenvalue weighted by molar-refractivity contribution is 6.33. The van der Waals surface area contributed by atoms with Crippen LogP contribution in [0.2, 0.25) is 10.0 Å². The Kier molecular flexibility index (Phi) is 9.12. The summed E-state index contributed by atoms with van der Waals surface area (Å²) in [5.74, 6) is -7.54. The SMILES string of the molecule is CC(=O)c1ccc(N2C(=O)[C@H]3[C@H](CC=C4[C@H]3C[C@H]3C(=O)N(Nc5ncc(C(F)(F)F)cc5Cl)C(=O)[C@@]3(c3ccc(Cl)cc3)[C@H]4c3cc(C)c(O)c(C)c3)C2=O)cc1. The second-order valence-electron chi connectivity index (χ2n) is 15.0. The summed E-state index contributed by atoms with van der Waals surface area (Å²) >= 11 is 12.6. The summed E-state index contributed by atoms with van der Waals surface area (Å²) in [6.45, 7) is 4.81. The highest BCUT2D eigenvalue weighted by Gasteiger charge is 2.70. The first kappa shape index (κ1) is 38.3. The van der Waals surface area contributed by atoms with E-state index in [-0.39, 0.29) is 30.2 Å². The Morgan fingerprint density at radius 2 is 1.56 bits per heavy atom. The highest BCUT2D eigenvalue weighted by Crippen LogP contribution is 2.64. The van der Waals surface area contributed by atoms with Gasteiger partial charge in [-0.05, 0) is 104 Å². The fraction of sp³-hybridized carbons (Fsp3) is 0.286. The molecule has 0 bridgehead atoms. The average molecular weight is 818 g/mol. The van der Waals surface area contributed by atoms with Crippen molar-refractivity contribution in [1.29, 1.82) is 0 Å². The molecule has 2 saturated heterocycles. The molecule has 0 unspecified atom stereocenters. The number of phenolic OH excluding ortho intramolecular Hbond substituents is 1. The van der Waals surface area contributed by atoms with Crippen molar-refractivity contribution in [3.63, 3.8) is 0 Å². The summed E-state index contributed by atoms with van der Waals surface area (Å²) in [5.41, 5.74) is 3.05. The molecule has 3 aromatic carbocycles. The van der Waals surface area contributed by atoms with E-state index in [9.17, 15) is 37.5 Å².